The number of fused-ring (bicyclic) bond motifs is 1. The molecule has 140 valence electrons. The molecule has 0 amide bonds. The van der Waals surface area contributed by atoms with Crippen molar-refractivity contribution in [3.05, 3.63) is 90.1 Å². The Bertz CT molecular complexity index is 1100. The maximum atomic E-state index is 5.43. The van der Waals surface area contributed by atoms with Crippen LogP contribution in [0.5, 0.6) is 11.5 Å². The van der Waals surface area contributed by atoms with E-state index in [1.165, 1.54) is 5.56 Å². The summed E-state index contributed by atoms with van der Waals surface area (Å²) in [4.78, 5) is 4.64. The molecular weight excluding hydrogens is 348 g/mol. The zero-order chi connectivity index (χ0) is 19.3. The SMILES string of the molecule is COc1ccc(N=Cc2cn(Cc3ccccc3)c3ccc(OC)cc23)cc1. The molecule has 0 atom stereocenters. The summed E-state index contributed by atoms with van der Waals surface area (Å²) < 4.78 is 12.9. The third-order valence-corrected chi connectivity index (χ3v) is 4.74. The zero-order valence-electron chi connectivity index (χ0n) is 16.0. The molecule has 3 aromatic carbocycles. The van der Waals surface area contributed by atoms with Crippen LogP contribution in [0.15, 0.2) is 84.0 Å². The molecule has 28 heavy (non-hydrogen) atoms. The Morgan fingerprint density at radius 2 is 1.57 bits per heavy atom. The maximum absolute atomic E-state index is 5.43. The van der Waals surface area contributed by atoms with Crippen LogP contribution in [0.3, 0.4) is 0 Å². The summed E-state index contributed by atoms with van der Waals surface area (Å²) in [7, 11) is 3.35. The highest BCUT2D eigenvalue weighted by molar-refractivity contribution is 6.00. The molecule has 0 N–H and O–H groups in total. The first-order valence-electron chi connectivity index (χ1n) is 9.16. The number of nitrogens with zero attached hydrogens (tertiary/aromatic N) is 2. The molecule has 0 bridgehead atoms. The average Bonchev–Trinajstić information content (AvgIpc) is 3.10. The first-order valence-corrected chi connectivity index (χ1v) is 9.16. The van der Waals surface area contributed by atoms with Crippen LogP contribution in [0.1, 0.15) is 11.1 Å². The van der Waals surface area contributed by atoms with E-state index in [-0.39, 0.29) is 0 Å². The fourth-order valence-electron chi connectivity index (χ4n) is 3.26. The fraction of sp³-hybridized carbons (Fsp3) is 0.125. The summed E-state index contributed by atoms with van der Waals surface area (Å²) in [5.74, 6) is 1.66. The molecule has 4 nitrogen and oxygen atoms in total. The van der Waals surface area contributed by atoms with Gasteiger partial charge in [-0.25, -0.2) is 0 Å². The predicted molar refractivity (Wildman–Crippen MR) is 114 cm³/mol. The molecule has 0 unspecified atom stereocenters. The van der Waals surface area contributed by atoms with Crippen molar-refractivity contribution in [1.82, 2.24) is 4.57 Å². The van der Waals surface area contributed by atoms with Gasteiger partial charge in [-0.1, -0.05) is 30.3 Å². The van der Waals surface area contributed by atoms with Crippen LogP contribution in [0, 0.1) is 0 Å². The van der Waals surface area contributed by atoms with Gasteiger partial charge in [0.1, 0.15) is 11.5 Å². The van der Waals surface area contributed by atoms with Crippen LogP contribution in [-0.2, 0) is 6.54 Å². The number of benzene rings is 3. The number of hydrogen-bond acceptors (Lipinski definition) is 3. The van der Waals surface area contributed by atoms with E-state index in [1.54, 1.807) is 14.2 Å². The first kappa shape index (κ1) is 17.9. The van der Waals surface area contributed by atoms with Crippen LogP contribution in [0.2, 0.25) is 0 Å². The molecule has 4 aromatic rings. The Hall–Kier alpha value is -3.53. The van der Waals surface area contributed by atoms with E-state index in [1.807, 2.05) is 42.6 Å². The Kier molecular flexibility index (Phi) is 5.11. The number of aromatic nitrogens is 1. The second-order valence-corrected chi connectivity index (χ2v) is 6.54. The second kappa shape index (κ2) is 8.01. The fourth-order valence-corrected chi connectivity index (χ4v) is 3.26. The van der Waals surface area contributed by atoms with Gasteiger partial charge in [-0.2, -0.15) is 0 Å². The number of hydrogen-bond donors (Lipinski definition) is 0. The zero-order valence-corrected chi connectivity index (χ0v) is 16.0. The Morgan fingerprint density at radius 3 is 2.29 bits per heavy atom. The van der Waals surface area contributed by atoms with Crippen molar-refractivity contribution in [1.29, 1.82) is 0 Å². The van der Waals surface area contributed by atoms with Crippen molar-refractivity contribution in [2.75, 3.05) is 14.2 Å². The standard InChI is InChI=1S/C24H22N2O2/c1-27-21-10-8-20(9-11-21)25-15-19-17-26(16-18-6-4-3-5-7-18)24-13-12-22(28-2)14-23(19)24/h3-15,17H,16H2,1-2H3. The van der Waals surface area contributed by atoms with Crippen molar-refractivity contribution >= 4 is 22.8 Å². The lowest BCUT2D eigenvalue weighted by Crippen LogP contribution is -1.97. The quantitative estimate of drug-likeness (QED) is 0.423. The topological polar surface area (TPSA) is 35.8 Å². The van der Waals surface area contributed by atoms with Crippen LogP contribution in [0.4, 0.5) is 5.69 Å². The molecule has 0 fully saturated rings. The van der Waals surface area contributed by atoms with Gasteiger partial charge in [-0.15, -0.1) is 0 Å². The molecule has 0 saturated heterocycles. The smallest absolute Gasteiger partial charge is 0.119 e. The van der Waals surface area contributed by atoms with Gasteiger partial charge in [0.15, 0.2) is 0 Å². The van der Waals surface area contributed by atoms with Gasteiger partial charge < -0.3 is 14.0 Å². The molecule has 1 aromatic heterocycles. The predicted octanol–water partition coefficient (Wildman–Crippen LogP) is 5.46. The van der Waals surface area contributed by atoms with E-state index >= 15 is 0 Å². The lowest BCUT2D eigenvalue weighted by atomic mass is 10.2. The van der Waals surface area contributed by atoms with Gasteiger partial charge in [0.2, 0.25) is 0 Å². The van der Waals surface area contributed by atoms with E-state index in [0.717, 1.165) is 40.2 Å². The number of ether oxygens (including phenoxy) is 2. The number of rotatable bonds is 6. The summed E-state index contributed by atoms with van der Waals surface area (Å²) in [5, 5.41) is 1.12. The number of aliphatic imine (C=N–C) groups is 1. The van der Waals surface area contributed by atoms with Crippen molar-refractivity contribution in [3.8, 4) is 11.5 Å². The van der Waals surface area contributed by atoms with Crippen LogP contribution in [0.25, 0.3) is 10.9 Å². The highest BCUT2D eigenvalue weighted by atomic mass is 16.5. The second-order valence-electron chi connectivity index (χ2n) is 6.54. The van der Waals surface area contributed by atoms with Crippen molar-refractivity contribution < 1.29 is 9.47 Å². The van der Waals surface area contributed by atoms with E-state index < -0.39 is 0 Å². The van der Waals surface area contributed by atoms with Crippen LogP contribution in [-0.4, -0.2) is 25.0 Å². The van der Waals surface area contributed by atoms with Gasteiger partial charge in [-0.3, -0.25) is 4.99 Å². The normalized spacial score (nSPS) is 11.2. The molecule has 0 saturated carbocycles. The molecule has 0 spiro atoms. The van der Waals surface area contributed by atoms with Crippen molar-refractivity contribution in [2.24, 2.45) is 4.99 Å². The minimum atomic E-state index is 0.806. The van der Waals surface area contributed by atoms with Crippen LogP contribution >= 0.6 is 0 Å². The molecular formula is C24H22N2O2. The van der Waals surface area contributed by atoms with E-state index in [9.17, 15) is 0 Å². The molecule has 0 aliphatic rings. The van der Waals surface area contributed by atoms with Crippen LogP contribution < -0.4 is 9.47 Å². The highest BCUT2D eigenvalue weighted by Crippen LogP contribution is 2.27. The Morgan fingerprint density at radius 1 is 0.857 bits per heavy atom. The summed E-state index contributed by atoms with van der Waals surface area (Å²) in [6.45, 7) is 0.806. The summed E-state index contributed by atoms with van der Waals surface area (Å²) in [5.41, 5.74) is 4.35. The third-order valence-electron chi connectivity index (χ3n) is 4.74. The maximum Gasteiger partial charge on any atom is 0.119 e. The first-order chi connectivity index (χ1) is 13.8. The summed E-state index contributed by atoms with van der Waals surface area (Å²) in [6.07, 6.45) is 4.05. The third kappa shape index (κ3) is 3.76. The minimum Gasteiger partial charge on any atom is -0.497 e. The molecule has 1 heterocycles. The molecule has 4 heteroatoms. The average molecular weight is 370 g/mol. The molecule has 0 aliphatic heterocycles. The molecule has 4 rings (SSSR count). The lowest BCUT2D eigenvalue weighted by Gasteiger charge is -2.06. The van der Waals surface area contributed by atoms with E-state index in [2.05, 4.69) is 52.2 Å². The van der Waals surface area contributed by atoms with Gasteiger partial charge in [0, 0.05) is 35.4 Å². The largest absolute Gasteiger partial charge is 0.497 e. The van der Waals surface area contributed by atoms with Gasteiger partial charge in [0.05, 0.1) is 19.9 Å². The Labute approximate surface area is 164 Å². The van der Waals surface area contributed by atoms with Gasteiger partial charge in [-0.05, 0) is 48.0 Å². The monoisotopic (exact) mass is 370 g/mol. The van der Waals surface area contributed by atoms with Crippen molar-refractivity contribution in [3.63, 3.8) is 0 Å². The van der Waals surface area contributed by atoms with Gasteiger partial charge in [0.25, 0.3) is 0 Å². The highest BCUT2D eigenvalue weighted by Gasteiger charge is 2.09. The molecule has 0 aliphatic carbocycles. The van der Waals surface area contributed by atoms with E-state index in [0.29, 0.717) is 0 Å². The number of methoxy groups -OCH3 is 2. The van der Waals surface area contributed by atoms with Crippen molar-refractivity contribution in [2.45, 2.75) is 6.54 Å². The lowest BCUT2D eigenvalue weighted by molar-refractivity contribution is 0.415. The van der Waals surface area contributed by atoms with E-state index in [4.69, 9.17) is 9.47 Å². The summed E-state index contributed by atoms with van der Waals surface area (Å²) in [6, 6.07) is 24.3. The summed E-state index contributed by atoms with van der Waals surface area (Å²) >= 11 is 0. The molecule has 0 radical (unpaired) electrons. The minimum absolute atomic E-state index is 0.806. The van der Waals surface area contributed by atoms with Gasteiger partial charge >= 0.3 is 0 Å². The Balaban J connectivity index is 1.72.